The highest BCUT2D eigenvalue weighted by Crippen LogP contribution is 2.21. The van der Waals surface area contributed by atoms with Crippen molar-refractivity contribution >= 4 is 22.6 Å². The summed E-state index contributed by atoms with van der Waals surface area (Å²) in [5.41, 5.74) is 1.78. The number of hydrogen-bond acceptors (Lipinski definition) is 3. The van der Waals surface area contributed by atoms with Crippen molar-refractivity contribution in [3.8, 4) is 11.9 Å². The number of rotatable bonds is 2. The van der Waals surface area contributed by atoms with E-state index >= 15 is 0 Å². The first-order chi connectivity index (χ1) is 9.29. The monoisotopic (exact) mass is 268 g/mol. The van der Waals surface area contributed by atoms with E-state index in [1.165, 1.54) is 0 Å². The van der Waals surface area contributed by atoms with Crippen molar-refractivity contribution in [1.29, 1.82) is 5.26 Å². The lowest BCUT2D eigenvalue weighted by Gasteiger charge is -2.06. The Labute approximate surface area is 114 Å². The van der Waals surface area contributed by atoms with Crippen LogP contribution in [0, 0.1) is 11.3 Å². The molecule has 0 N–H and O–H groups in total. The van der Waals surface area contributed by atoms with Gasteiger partial charge in [-0.25, -0.2) is 9.97 Å². The van der Waals surface area contributed by atoms with Crippen molar-refractivity contribution in [3.05, 3.63) is 53.4 Å². The second kappa shape index (κ2) is 4.71. The maximum absolute atomic E-state index is 8.92. The minimum absolute atomic E-state index is 0.235. The van der Waals surface area contributed by atoms with Gasteiger partial charge in [0.1, 0.15) is 11.6 Å². The molecule has 92 valence electrons. The molecule has 0 aliphatic heterocycles. The first-order valence-electron chi connectivity index (χ1n) is 5.75. The van der Waals surface area contributed by atoms with Crippen LogP contribution in [0.3, 0.4) is 0 Å². The van der Waals surface area contributed by atoms with E-state index in [-0.39, 0.29) is 6.42 Å². The molecular formula is C14H9ClN4. The molecule has 0 bridgehead atoms. The van der Waals surface area contributed by atoms with E-state index in [4.69, 9.17) is 16.9 Å². The van der Waals surface area contributed by atoms with Crippen molar-refractivity contribution in [1.82, 2.24) is 14.5 Å². The van der Waals surface area contributed by atoms with Crippen LogP contribution in [0.4, 0.5) is 0 Å². The van der Waals surface area contributed by atoms with E-state index < -0.39 is 0 Å². The predicted octanol–water partition coefficient (Wildman–Crippen LogP) is 3.14. The van der Waals surface area contributed by atoms with Gasteiger partial charge in [0.25, 0.3) is 0 Å². The van der Waals surface area contributed by atoms with Crippen LogP contribution in [0.2, 0.25) is 5.02 Å². The lowest BCUT2D eigenvalue weighted by molar-refractivity contribution is 0.922. The summed E-state index contributed by atoms with van der Waals surface area (Å²) in [5, 5.41) is 9.49. The summed E-state index contributed by atoms with van der Waals surface area (Å²) in [6, 6.07) is 13.5. The Balaban J connectivity index is 2.28. The molecule has 0 unspecified atom stereocenters. The van der Waals surface area contributed by atoms with Gasteiger partial charge in [0.15, 0.2) is 0 Å². The molecule has 3 rings (SSSR count). The van der Waals surface area contributed by atoms with Crippen LogP contribution in [-0.2, 0) is 6.42 Å². The molecule has 5 heteroatoms. The fraction of sp³-hybridized carbons (Fsp3) is 0.0714. The molecule has 4 nitrogen and oxygen atoms in total. The smallest absolute Gasteiger partial charge is 0.138 e. The zero-order chi connectivity index (χ0) is 13.2. The fourth-order valence-electron chi connectivity index (χ4n) is 2.02. The summed E-state index contributed by atoms with van der Waals surface area (Å²) >= 11 is 5.85. The third-order valence-electron chi connectivity index (χ3n) is 2.81. The highest BCUT2D eigenvalue weighted by atomic mass is 35.5. The molecule has 0 aliphatic carbocycles. The molecule has 0 saturated carbocycles. The number of imidazole rings is 1. The molecule has 0 atom stereocenters. The minimum Gasteiger partial charge on any atom is -0.279 e. The van der Waals surface area contributed by atoms with Gasteiger partial charge in [-0.15, -0.1) is 0 Å². The molecule has 0 radical (unpaired) electrons. The topological polar surface area (TPSA) is 54.5 Å². The maximum Gasteiger partial charge on any atom is 0.138 e. The molecule has 1 aromatic carbocycles. The van der Waals surface area contributed by atoms with Crippen LogP contribution in [0.5, 0.6) is 0 Å². The number of para-hydroxylation sites is 2. The summed E-state index contributed by atoms with van der Waals surface area (Å²) in [6.07, 6.45) is 1.82. The first-order valence-corrected chi connectivity index (χ1v) is 6.12. The summed E-state index contributed by atoms with van der Waals surface area (Å²) in [4.78, 5) is 8.76. The van der Waals surface area contributed by atoms with Crippen molar-refractivity contribution in [2.75, 3.05) is 0 Å². The van der Waals surface area contributed by atoms with Crippen molar-refractivity contribution in [2.45, 2.75) is 6.42 Å². The van der Waals surface area contributed by atoms with Crippen LogP contribution in [0.1, 0.15) is 5.82 Å². The van der Waals surface area contributed by atoms with Gasteiger partial charge in [-0.05, 0) is 24.3 Å². The number of nitriles is 1. The van der Waals surface area contributed by atoms with Crippen LogP contribution in [0.25, 0.3) is 16.9 Å². The number of pyridine rings is 1. The molecule has 2 heterocycles. The molecule has 0 fully saturated rings. The van der Waals surface area contributed by atoms with E-state index in [9.17, 15) is 0 Å². The zero-order valence-electron chi connectivity index (χ0n) is 9.92. The van der Waals surface area contributed by atoms with Crippen LogP contribution in [-0.4, -0.2) is 14.5 Å². The number of nitrogens with zero attached hydrogens (tertiary/aromatic N) is 4. The molecule has 2 aromatic heterocycles. The Morgan fingerprint density at radius 3 is 2.79 bits per heavy atom. The van der Waals surface area contributed by atoms with Crippen molar-refractivity contribution < 1.29 is 0 Å². The first kappa shape index (κ1) is 11.7. The Kier molecular flexibility index (Phi) is 2.90. The lowest BCUT2D eigenvalue weighted by Crippen LogP contribution is -2.02. The van der Waals surface area contributed by atoms with E-state index in [1.54, 1.807) is 12.3 Å². The van der Waals surface area contributed by atoms with Gasteiger partial charge < -0.3 is 0 Å². The molecule has 0 amide bonds. The number of aromatic nitrogens is 3. The Morgan fingerprint density at radius 2 is 2.05 bits per heavy atom. The van der Waals surface area contributed by atoms with E-state index in [0.717, 1.165) is 11.0 Å². The minimum atomic E-state index is 0.235. The third kappa shape index (κ3) is 2.05. The quantitative estimate of drug-likeness (QED) is 0.717. The highest BCUT2D eigenvalue weighted by molar-refractivity contribution is 6.30. The van der Waals surface area contributed by atoms with Gasteiger partial charge in [-0.1, -0.05) is 23.7 Å². The average molecular weight is 269 g/mol. The van der Waals surface area contributed by atoms with Gasteiger partial charge in [0.05, 0.1) is 28.5 Å². The summed E-state index contributed by atoms with van der Waals surface area (Å²) in [7, 11) is 0. The molecular weight excluding hydrogens is 260 g/mol. The summed E-state index contributed by atoms with van der Waals surface area (Å²) in [6.45, 7) is 0. The molecule has 0 saturated heterocycles. The van der Waals surface area contributed by atoms with Crippen LogP contribution >= 0.6 is 11.6 Å². The number of fused-ring (bicyclic) bond motifs is 1. The third-order valence-corrected chi connectivity index (χ3v) is 3.03. The number of hydrogen-bond donors (Lipinski definition) is 0. The normalized spacial score (nSPS) is 10.5. The lowest BCUT2D eigenvalue weighted by atomic mass is 10.3. The zero-order valence-corrected chi connectivity index (χ0v) is 10.7. The Hall–Kier alpha value is -2.38. The largest absolute Gasteiger partial charge is 0.279 e. The standard InChI is InChI=1S/C14H9ClN4/c15-10-5-6-13(17-9-10)19-12-4-2-1-3-11(12)18-14(19)7-8-16/h1-6,9H,7H2. The van der Waals surface area contributed by atoms with E-state index in [1.807, 2.05) is 34.9 Å². The average Bonchev–Trinajstić information content (AvgIpc) is 2.78. The summed E-state index contributed by atoms with van der Waals surface area (Å²) in [5.74, 6) is 1.39. The van der Waals surface area contributed by atoms with Gasteiger partial charge in [-0.3, -0.25) is 4.57 Å². The van der Waals surface area contributed by atoms with Crippen molar-refractivity contribution in [2.24, 2.45) is 0 Å². The SMILES string of the molecule is N#CCc1nc2ccccc2n1-c1ccc(Cl)cn1. The molecule has 0 spiro atoms. The van der Waals surface area contributed by atoms with E-state index in [2.05, 4.69) is 16.0 Å². The molecule has 0 aliphatic rings. The summed E-state index contributed by atoms with van der Waals surface area (Å²) < 4.78 is 1.88. The highest BCUT2D eigenvalue weighted by Gasteiger charge is 2.12. The van der Waals surface area contributed by atoms with Gasteiger partial charge in [0, 0.05) is 6.20 Å². The predicted molar refractivity (Wildman–Crippen MR) is 73.2 cm³/mol. The number of halogens is 1. The van der Waals surface area contributed by atoms with Gasteiger partial charge >= 0.3 is 0 Å². The van der Waals surface area contributed by atoms with Gasteiger partial charge in [0.2, 0.25) is 0 Å². The Bertz CT molecular complexity index is 768. The van der Waals surface area contributed by atoms with Crippen molar-refractivity contribution in [3.63, 3.8) is 0 Å². The Morgan fingerprint density at radius 1 is 1.21 bits per heavy atom. The molecule has 3 aromatic rings. The fourth-order valence-corrected chi connectivity index (χ4v) is 2.13. The second-order valence-electron chi connectivity index (χ2n) is 4.02. The number of benzene rings is 1. The van der Waals surface area contributed by atoms with E-state index in [0.29, 0.717) is 16.7 Å². The molecule has 19 heavy (non-hydrogen) atoms. The maximum atomic E-state index is 8.92. The second-order valence-corrected chi connectivity index (χ2v) is 4.46. The van der Waals surface area contributed by atoms with Crippen LogP contribution in [0.15, 0.2) is 42.6 Å². The van der Waals surface area contributed by atoms with Gasteiger partial charge in [-0.2, -0.15) is 5.26 Å². The van der Waals surface area contributed by atoms with Crippen LogP contribution < -0.4 is 0 Å².